The van der Waals surface area contributed by atoms with Crippen molar-refractivity contribution in [3.8, 4) is 5.75 Å². The summed E-state index contributed by atoms with van der Waals surface area (Å²) in [5, 5.41) is 26.3. The first-order chi connectivity index (χ1) is 31.9. The second-order valence-electron chi connectivity index (χ2n) is 20.5. The van der Waals surface area contributed by atoms with Crippen LogP contribution in [0.25, 0.3) is 0 Å². The summed E-state index contributed by atoms with van der Waals surface area (Å²) < 4.78 is 15.7. The number of carbonyl (C=O) groups excluding carboxylic acids is 7. The van der Waals surface area contributed by atoms with Gasteiger partial charge in [-0.1, -0.05) is 42.5 Å². The standard InChI is InChI=1S/C49H68N6O12S/c1-46(2,3)66-44(63)55-36(21-31-13-15-34(16-14-31)65-45(64)67-47(4,5)6)41(59)51-26-38(56)50-27-39(57)53-37(20-30-11-9-8-10-12-30)42(60)54-35(17-18-68-7)40(58)52-29-48-22-32-19-33(23-48)25-49(24-32,28-48)43(61)62/h8-16,32-33,35-37H,17-29H2,1-7H3,(H,50,56)(H,51,59)(H,52,58)(H,53,57)(H,54,60)(H,55,63)(H,61,62)/t32-,33+,35?,36-,37-,48?,49?/m0/s1. The van der Waals surface area contributed by atoms with E-state index in [0.29, 0.717) is 55.4 Å². The lowest BCUT2D eigenvalue weighted by Crippen LogP contribution is -2.59. The predicted octanol–water partition coefficient (Wildman–Crippen LogP) is 4.42. The van der Waals surface area contributed by atoms with E-state index in [2.05, 4.69) is 31.9 Å². The quantitative estimate of drug-likeness (QED) is 0.0677. The molecule has 4 fully saturated rings. The third-order valence-electron chi connectivity index (χ3n) is 12.3. The van der Waals surface area contributed by atoms with Crippen LogP contribution in [0.1, 0.15) is 97.6 Å². The van der Waals surface area contributed by atoms with Gasteiger partial charge in [0.1, 0.15) is 35.1 Å². The maximum Gasteiger partial charge on any atom is 0.514 e. The minimum atomic E-state index is -1.21. The number of carbonyl (C=O) groups is 8. The van der Waals surface area contributed by atoms with Crippen molar-refractivity contribution in [3.05, 3.63) is 65.7 Å². The monoisotopic (exact) mass is 964 g/mol. The number of hydrogen-bond donors (Lipinski definition) is 7. The highest BCUT2D eigenvalue weighted by Crippen LogP contribution is 2.65. The minimum Gasteiger partial charge on any atom is -0.481 e. The number of hydrogen-bond acceptors (Lipinski definition) is 12. The summed E-state index contributed by atoms with van der Waals surface area (Å²) in [5.41, 5.74) is -1.39. The lowest BCUT2D eigenvalue weighted by atomic mass is 9.44. The molecule has 4 saturated carbocycles. The molecule has 7 atom stereocenters. The molecule has 372 valence electrons. The van der Waals surface area contributed by atoms with Crippen molar-refractivity contribution in [2.24, 2.45) is 22.7 Å². The van der Waals surface area contributed by atoms with Gasteiger partial charge in [0.25, 0.3) is 0 Å². The summed E-state index contributed by atoms with van der Waals surface area (Å²) in [4.78, 5) is 105. The molecule has 19 heteroatoms. The van der Waals surface area contributed by atoms with Crippen molar-refractivity contribution in [2.75, 3.05) is 31.6 Å². The van der Waals surface area contributed by atoms with Crippen LogP contribution in [0.15, 0.2) is 54.6 Å². The van der Waals surface area contributed by atoms with E-state index in [1.807, 2.05) is 12.3 Å². The Morgan fingerprint density at radius 1 is 0.676 bits per heavy atom. The summed E-state index contributed by atoms with van der Waals surface area (Å²) >= 11 is 1.51. The van der Waals surface area contributed by atoms with Gasteiger partial charge in [0.2, 0.25) is 29.5 Å². The third-order valence-corrected chi connectivity index (χ3v) is 12.9. The van der Waals surface area contributed by atoms with Gasteiger partial charge >= 0.3 is 18.2 Å². The molecule has 0 saturated heterocycles. The fourth-order valence-electron chi connectivity index (χ4n) is 9.88. The van der Waals surface area contributed by atoms with Gasteiger partial charge in [0.15, 0.2) is 0 Å². The summed E-state index contributed by atoms with van der Waals surface area (Å²) in [6.45, 7) is 9.29. The summed E-state index contributed by atoms with van der Waals surface area (Å²) in [7, 11) is 0. The first kappa shape index (κ1) is 53.1. The Bertz CT molecular complexity index is 2130. The van der Waals surface area contributed by atoms with Crippen molar-refractivity contribution >= 4 is 59.5 Å². The van der Waals surface area contributed by atoms with Gasteiger partial charge in [-0.05, 0) is 139 Å². The third kappa shape index (κ3) is 16.2. The molecule has 2 aromatic rings. The highest BCUT2D eigenvalue weighted by Gasteiger charge is 2.60. The summed E-state index contributed by atoms with van der Waals surface area (Å²) in [6, 6.07) is 11.9. The molecular formula is C49H68N6O12S. The number of carboxylic acids is 1. The Morgan fingerprint density at radius 2 is 1.25 bits per heavy atom. The first-order valence-electron chi connectivity index (χ1n) is 23.1. The number of ether oxygens (including phenoxy) is 3. The fourth-order valence-corrected chi connectivity index (χ4v) is 10.3. The number of amides is 6. The Morgan fingerprint density at radius 3 is 1.84 bits per heavy atom. The summed E-state index contributed by atoms with van der Waals surface area (Å²) in [6.07, 6.45) is 5.13. The van der Waals surface area contributed by atoms with Crippen molar-refractivity contribution in [1.29, 1.82) is 0 Å². The van der Waals surface area contributed by atoms with Crippen LogP contribution in [0, 0.1) is 22.7 Å². The average Bonchev–Trinajstić information content (AvgIpc) is 3.24. The number of benzene rings is 2. The molecule has 68 heavy (non-hydrogen) atoms. The van der Waals surface area contributed by atoms with Gasteiger partial charge in [0.05, 0.1) is 18.5 Å². The number of alkyl carbamates (subject to hydrolysis) is 1. The van der Waals surface area contributed by atoms with Crippen LogP contribution in [-0.4, -0.2) is 114 Å². The lowest BCUT2D eigenvalue weighted by molar-refractivity contribution is -0.174. The van der Waals surface area contributed by atoms with E-state index in [4.69, 9.17) is 14.2 Å². The fraction of sp³-hybridized carbons (Fsp3) is 0.592. The number of rotatable bonds is 21. The molecule has 4 aliphatic carbocycles. The topological polar surface area (TPSA) is 257 Å². The number of nitrogens with one attached hydrogen (secondary N) is 6. The Hall–Kier alpha value is -5.85. The molecule has 4 bridgehead atoms. The molecule has 0 aromatic heterocycles. The molecule has 6 amide bonds. The van der Waals surface area contributed by atoms with Crippen LogP contribution in [0.4, 0.5) is 9.59 Å². The van der Waals surface area contributed by atoms with E-state index in [1.54, 1.807) is 77.9 Å². The molecular weight excluding hydrogens is 897 g/mol. The maximum absolute atomic E-state index is 14.0. The number of thioether (sulfide) groups is 1. The van der Waals surface area contributed by atoms with Gasteiger partial charge in [-0.2, -0.15) is 11.8 Å². The van der Waals surface area contributed by atoms with Crippen LogP contribution in [0.3, 0.4) is 0 Å². The minimum absolute atomic E-state index is 0.0402. The van der Waals surface area contributed by atoms with E-state index in [-0.39, 0.29) is 29.9 Å². The van der Waals surface area contributed by atoms with Gasteiger partial charge in [-0.25, -0.2) is 9.59 Å². The number of aliphatic carboxylic acids is 1. The molecule has 2 aromatic carbocycles. The Labute approximate surface area is 402 Å². The molecule has 0 heterocycles. The van der Waals surface area contributed by atoms with Crippen LogP contribution >= 0.6 is 11.8 Å². The van der Waals surface area contributed by atoms with E-state index < -0.39 is 89.7 Å². The van der Waals surface area contributed by atoms with Gasteiger partial charge in [0, 0.05) is 19.4 Å². The van der Waals surface area contributed by atoms with E-state index >= 15 is 0 Å². The highest BCUT2D eigenvalue weighted by atomic mass is 32.2. The SMILES string of the molecule is CSCCC(NC(=O)[C@H](Cc1ccccc1)NC(=O)CNC(=O)CNC(=O)[C@H](Cc1ccc(OC(=O)OC(C)(C)C)cc1)NC(=O)OC(C)(C)C)C(=O)NCC12C[C@H]3C[C@@H](C1)CC(C(=O)O)(C3)C2. The molecule has 3 unspecified atom stereocenters. The van der Waals surface area contributed by atoms with E-state index in [1.165, 1.54) is 23.9 Å². The van der Waals surface area contributed by atoms with Gasteiger partial charge in [-0.15, -0.1) is 0 Å². The molecule has 7 N–H and O–H groups in total. The Kier molecular flexibility index (Phi) is 17.9. The molecule has 0 aliphatic heterocycles. The average molecular weight is 965 g/mol. The normalized spacial score (nSPS) is 21.8. The lowest BCUT2D eigenvalue weighted by Gasteiger charge is -2.60. The molecule has 6 rings (SSSR count). The van der Waals surface area contributed by atoms with Gasteiger partial charge < -0.3 is 51.2 Å². The summed E-state index contributed by atoms with van der Waals surface area (Å²) in [5.74, 6) is -2.51. The van der Waals surface area contributed by atoms with Gasteiger partial charge in [-0.3, -0.25) is 28.8 Å². The highest BCUT2D eigenvalue weighted by molar-refractivity contribution is 7.98. The van der Waals surface area contributed by atoms with Crippen molar-refractivity contribution in [3.63, 3.8) is 0 Å². The van der Waals surface area contributed by atoms with Crippen molar-refractivity contribution in [1.82, 2.24) is 31.9 Å². The van der Waals surface area contributed by atoms with Crippen LogP contribution < -0.4 is 36.6 Å². The second-order valence-corrected chi connectivity index (χ2v) is 21.5. The second kappa shape index (κ2) is 23.0. The van der Waals surface area contributed by atoms with Crippen LogP contribution in [-0.2, 0) is 51.1 Å². The van der Waals surface area contributed by atoms with E-state index in [9.17, 15) is 43.5 Å². The van der Waals surface area contributed by atoms with Crippen molar-refractivity contribution < 1.29 is 57.7 Å². The smallest absolute Gasteiger partial charge is 0.481 e. The van der Waals surface area contributed by atoms with E-state index in [0.717, 1.165) is 24.8 Å². The van der Waals surface area contributed by atoms with Crippen LogP contribution in [0.2, 0.25) is 0 Å². The Balaban J connectivity index is 1.17. The molecule has 0 spiro atoms. The largest absolute Gasteiger partial charge is 0.514 e. The molecule has 4 aliphatic rings. The van der Waals surface area contributed by atoms with Crippen LogP contribution in [0.5, 0.6) is 5.75 Å². The first-order valence-corrected chi connectivity index (χ1v) is 24.5. The molecule has 0 radical (unpaired) electrons. The zero-order valence-electron chi connectivity index (χ0n) is 40.1. The number of carboxylic acid groups (broad SMARTS) is 1. The predicted molar refractivity (Wildman–Crippen MR) is 253 cm³/mol. The van der Waals surface area contributed by atoms with Crippen molar-refractivity contribution in [2.45, 2.75) is 129 Å². The maximum atomic E-state index is 14.0. The zero-order valence-corrected chi connectivity index (χ0v) is 40.9. The molecule has 18 nitrogen and oxygen atoms in total. The zero-order chi connectivity index (χ0) is 49.9.